The van der Waals surface area contributed by atoms with Crippen LogP contribution < -0.4 is 0 Å². The molecule has 0 unspecified atom stereocenters. The van der Waals surface area contributed by atoms with Gasteiger partial charge in [0.2, 0.25) is 0 Å². The summed E-state index contributed by atoms with van der Waals surface area (Å²) in [4.78, 5) is 9.40. The summed E-state index contributed by atoms with van der Waals surface area (Å²) in [5.41, 5.74) is 7.38. The van der Waals surface area contributed by atoms with Crippen molar-refractivity contribution in [3.8, 4) is 16.8 Å². The second kappa shape index (κ2) is 6.82. The molecule has 0 bridgehead atoms. The van der Waals surface area contributed by atoms with Crippen LogP contribution in [0.3, 0.4) is 0 Å². The van der Waals surface area contributed by atoms with E-state index in [4.69, 9.17) is 10.1 Å². The number of benzene rings is 2. The molecule has 5 rings (SSSR count). The molecule has 142 valence electrons. The van der Waals surface area contributed by atoms with Crippen LogP contribution in [0.4, 0.5) is 0 Å². The van der Waals surface area contributed by atoms with Crippen molar-refractivity contribution in [3.05, 3.63) is 84.3 Å². The van der Waals surface area contributed by atoms with Gasteiger partial charge >= 0.3 is 0 Å². The molecule has 4 nitrogen and oxygen atoms in total. The fraction of sp³-hybridized carbons (Fsp3) is 0.160. The zero-order valence-corrected chi connectivity index (χ0v) is 16.8. The second-order valence-corrected chi connectivity index (χ2v) is 7.71. The lowest BCUT2D eigenvalue weighted by Crippen LogP contribution is -2.00. The smallest absolute Gasteiger partial charge is 0.163 e. The van der Waals surface area contributed by atoms with Crippen LogP contribution in [0.1, 0.15) is 31.0 Å². The van der Waals surface area contributed by atoms with E-state index < -0.39 is 0 Å². The largest absolute Gasteiger partial charge is 0.256 e. The lowest BCUT2D eigenvalue weighted by atomic mass is 9.98. The maximum absolute atomic E-state index is 5.00. The van der Waals surface area contributed by atoms with Crippen molar-refractivity contribution in [2.75, 3.05) is 0 Å². The topological polar surface area (TPSA) is 43.6 Å². The highest BCUT2D eigenvalue weighted by atomic mass is 15.3. The minimum absolute atomic E-state index is 0.277. The summed E-state index contributed by atoms with van der Waals surface area (Å²) in [6.07, 6.45) is 3.82. The Balaban J connectivity index is 1.82. The molecule has 2 aromatic carbocycles. The summed E-state index contributed by atoms with van der Waals surface area (Å²) in [5, 5.41) is 7.23. The van der Waals surface area contributed by atoms with Crippen LogP contribution >= 0.6 is 0 Å². The Morgan fingerprint density at radius 2 is 1.69 bits per heavy atom. The summed E-state index contributed by atoms with van der Waals surface area (Å²) in [6, 6.07) is 20.8. The molecule has 0 saturated carbocycles. The summed E-state index contributed by atoms with van der Waals surface area (Å²) in [5.74, 6) is 0.277. The van der Waals surface area contributed by atoms with E-state index in [1.165, 1.54) is 5.56 Å². The van der Waals surface area contributed by atoms with Crippen molar-refractivity contribution in [2.24, 2.45) is 0 Å². The molecule has 5 aromatic rings. The van der Waals surface area contributed by atoms with Crippen molar-refractivity contribution in [2.45, 2.75) is 26.7 Å². The van der Waals surface area contributed by atoms with Crippen molar-refractivity contribution in [1.29, 1.82) is 0 Å². The quantitative estimate of drug-likeness (QED) is 0.383. The number of para-hydroxylation sites is 2. The van der Waals surface area contributed by atoms with Gasteiger partial charge < -0.3 is 0 Å². The third kappa shape index (κ3) is 2.88. The molecule has 3 aromatic heterocycles. The number of aromatic nitrogens is 4. The Labute approximate surface area is 169 Å². The van der Waals surface area contributed by atoms with E-state index in [0.29, 0.717) is 0 Å². The maximum Gasteiger partial charge on any atom is 0.163 e. The summed E-state index contributed by atoms with van der Waals surface area (Å²) >= 11 is 0. The third-order valence-corrected chi connectivity index (χ3v) is 5.39. The molecule has 29 heavy (non-hydrogen) atoms. The lowest BCUT2D eigenvalue weighted by Gasteiger charge is -2.08. The Morgan fingerprint density at radius 1 is 0.897 bits per heavy atom. The molecule has 0 radical (unpaired) electrons. The van der Waals surface area contributed by atoms with Crippen LogP contribution in [0.2, 0.25) is 0 Å². The van der Waals surface area contributed by atoms with Crippen molar-refractivity contribution in [3.63, 3.8) is 0 Å². The Hall–Kier alpha value is -3.53. The van der Waals surface area contributed by atoms with E-state index in [1.807, 2.05) is 47.4 Å². The van der Waals surface area contributed by atoms with E-state index in [1.54, 1.807) is 0 Å². The highest BCUT2D eigenvalue weighted by molar-refractivity contribution is 5.97. The van der Waals surface area contributed by atoms with Gasteiger partial charge in [-0.3, -0.25) is 4.98 Å². The van der Waals surface area contributed by atoms with Gasteiger partial charge in [-0.1, -0.05) is 50.2 Å². The predicted octanol–water partition coefficient (Wildman–Crippen LogP) is 6.07. The molecule has 0 fully saturated rings. The van der Waals surface area contributed by atoms with Crippen LogP contribution in [0.25, 0.3) is 38.8 Å². The van der Waals surface area contributed by atoms with Gasteiger partial charge in [0.15, 0.2) is 5.65 Å². The van der Waals surface area contributed by atoms with Gasteiger partial charge in [-0.15, -0.1) is 0 Å². The predicted molar refractivity (Wildman–Crippen MR) is 118 cm³/mol. The van der Waals surface area contributed by atoms with Crippen LogP contribution in [0.5, 0.6) is 0 Å². The minimum Gasteiger partial charge on any atom is -0.256 e. The normalized spacial score (nSPS) is 11.6. The van der Waals surface area contributed by atoms with Crippen molar-refractivity contribution >= 4 is 21.9 Å². The minimum atomic E-state index is 0.277. The number of hydrogen-bond donors (Lipinski definition) is 0. The van der Waals surface area contributed by atoms with Crippen LogP contribution in [-0.2, 0) is 0 Å². The van der Waals surface area contributed by atoms with E-state index in [-0.39, 0.29) is 5.92 Å². The summed E-state index contributed by atoms with van der Waals surface area (Å²) in [6.45, 7) is 6.47. The Bertz CT molecular complexity index is 1350. The molecule has 0 aliphatic carbocycles. The van der Waals surface area contributed by atoms with Gasteiger partial charge in [0.25, 0.3) is 0 Å². The van der Waals surface area contributed by atoms with Crippen LogP contribution in [-0.4, -0.2) is 19.7 Å². The van der Waals surface area contributed by atoms with Gasteiger partial charge in [-0.05, 0) is 48.2 Å². The molecule has 0 atom stereocenters. The summed E-state index contributed by atoms with van der Waals surface area (Å²) in [7, 11) is 0. The standard InChI is InChI=1S/C25H22N4/c1-16(2)24-23-20(19-14-18-9-5-6-10-21(18)27-15-19)12-13-26-25(23)29(28-24)22-11-7-4-8-17(22)3/h4-16H,1-3H3. The monoisotopic (exact) mass is 378 g/mol. The number of fused-ring (bicyclic) bond motifs is 2. The van der Waals surface area contributed by atoms with Crippen molar-refractivity contribution in [1.82, 2.24) is 19.7 Å². The third-order valence-electron chi connectivity index (χ3n) is 5.39. The van der Waals surface area contributed by atoms with E-state index in [2.05, 4.69) is 56.1 Å². The number of pyridine rings is 2. The van der Waals surface area contributed by atoms with Gasteiger partial charge in [-0.2, -0.15) is 5.10 Å². The lowest BCUT2D eigenvalue weighted by molar-refractivity contribution is 0.774. The SMILES string of the molecule is Cc1ccccc1-n1nc(C(C)C)c2c(-c3cnc4ccccc4c3)ccnc21. The van der Waals surface area contributed by atoms with Gasteiger partial charge in [-0.25, -0.2) is 9.67 Å². The highest BCUT2D eigenvalue weighted by Gasteiger charge is 2.20. The number of aryl methyl sites for hydroxylation is 1. The zero-order valence-electron chi connectivity index (χ0n) is 16.8. The van der Waals surface area contributed by atoms with Gasteiger partial charge in [0.05, 0.1) is 22.3 Å². The molecule has 0 saturated heterocycles. The fourth-order valence-corrected chi connectivity index (χ4v) is 3.90. The van der Waals surface area contributed by atoms with Crippen LogP contribution in [0, 0.1) is 6.92 Å². The van der Waals surface area contributed by atoms with Crippen LogP contribution in [0.15, 0.2) is 73.1 Å². The first kappa shape index (κ1) is 17.6. The van der Waals surface area contributed by atoms with E-state index >= 15 is 0 Å². The molecule has 0 amide bonds. The highest BCUT2D eigenvalue weighted by Crippen LogP contribution is 2.35. The zero-order chi connectivity index (χ0) is 20.0. The molecular formula is C25H22N4. The average Bonchev–Trinajstić information content (AvgIpc) is 3.14. The number of rotatable bonds is 3. The fourth-order valence-electron chi connectivity index (χ4n) is 3.90. The molecule has 4 heteroatoms. The van der Waals surface area contributed by atoms with E-state index in [9.17, 15) is 0 Å². The molecule has 0 spiro atoms. The van der Waals surface area contributed by atoms with E-state index in [0.717, 1.165) is 44.4 Å². The molecular weight excluding hydrogens is 356 g/mol. The second-order valence-electron chi connectivity index (χ2n) is 7.71. The van der Waals surface area contributed by atoms with Gasteiger partial charge in [0, 0.05) is 23.3 Å². The van der Waals surface area contributed by atoms with Gasteiger partial charge in [0.1, 0.15) is 0 Å². The first-order valence-electron chi connectivity index (χ1n) is 9.92. The Kier molecular flexibility index (Phi) is 4.13. The Morgan fingerprint density at radius 3 is 2.52 bits per heavy atom. The van der Waals surface area contributed by atoms with Crippen molar-refractivity contribution < 1.29 is 0 Å². The molecule has 3 heterocycles. The maximum atomic E-state index is 5.00. The first-order valence-corrected chi connectivity index (χ1v) is 9.92. The average molecular weight is 378 g/mol. The number of hydrogen-bond acceptors (Lipinski definition) is 3. The summed E-state index contributed by atoms with van der Waals surface area (Å²) < 4.78 is 1.98. The molecule has 0 N–H and O–H groups in total. The molecule has 0 aliphatic heterocycles. The number of nitrogens with zero attached hydrogens (tertiary/aromatic N) is 4. The first-order chi connectivity index (χ1) is 14.1. The molecule has 0 aliphatic rings.